The number of nitrogens with one attached hydrogen (secondary N) is 1. The van der Waals surface area contributed by atoms with Gasteiger partial charge in [-0.25, -0.2) is 4.98 Å². The molecule has 3 heterocycles. The van der Waals surface area contributed by atoms with Crippen LogP contribution >= 0.6 is 0 Å². The molecule has 94 valence electrons. The molecule has 3 rings (SSSR count). The van der Waals surface area contributed by atoms with Crippen LogP contribution in [0, 0.1) is 0 Å². The highest BCUT2D eigenvalue weighted by molar-refractivity contribution is 5.39. The third kappa shape index (κ3) is 2.16. The fourth-order valence-corrected chi connectivity index (χ4v) is 2.52. The molecule has 0 radical (unpaired) electrons. The van der Waals surface area contributed by atoms with Gasteiger partial charge in [-0.15, -0.1) is 0 Å². The molecule has 1 aliphatic rings. The lowest BCUT2D eigenvalue weighted by Crippen LogP contribution is -2.33. The summed E-state index contributed by atoms with van der Waals surface area (Å²) in [6.07, 6.45) is 4.06. The summed E-state index contributed by atoms with van der Waals surface area (Å²) in [7, 11) is 0. The number of nitrogen functional groups attached to an aromatic ring is 1. The maximum absolute atomic E-state index is 5.64. The Balaban J connectivity index is 1.65. The Labute approximate surface area is 106 Å². The van der Waals surface area contributed by atoms with Crippen LogP contribution in [0.25, 0.3) is 0 Å². The van der Waals surface area contributed by atoms with Crippen LogP contribution in [0.3, 0.4) is 0 Å². The van der Waals surface area contributed by atoms with Crippen LogP contribution in [0.15, 0.2) is 30.5 Å². The van der Waals surface area contributed by atoms with Gasteiger partial charge >= 0.3 is 0 Å². The minimum absolute atomic E-state index is 0.537. The van der Waals surface area contributed by atoms with E-state index in [1.54, 1.807) is 0 Å². The molecule has 1 aliphatic heterocycles. The second-order valence-electron chi connectivity index (χ2n) is 4.70. The third-order valence-corrected chi connectivity index (χ3v) is 3.53. The van der Waals surface area contributed by atoms with Crippen molar-refractivity contribution >= 4 is 11.6 Å². The molecule has 0 bridgehead atoms. The molecule has 1 fully saturated rings. The Morgan fingerprint density at radius 1 is 1.28 bits per heavy atom. The lowest BCUT2D eigenvalue weighted by atomic mass is 9.93. The van der Waals surface area contributed by atoms with E-state index in [2.05, 4.69) is 26.1 Å². The fraction of sp³-hybridized carbons (Fsp3) is 0.385. The van der Waals surface area contributed by atoms with Gasteiger partial charge in [0.05, 0.1) is 0 Å². The summed E-state index contributed by atoms with van der Waals surface area (Å²) in [6, 6.07) is 7.99. The van der Waals surface area contributed by atoms with Crippen molar-refractivity contribution in [2.45, 2.75) is 18.8 Å². The molecular weight excluding hydrogens is 226 g/mol. The lowest BCUT2D eigenvalue weighted by molar-refractivity contribution is 0.493. The highest BCUT2D eigenvalue weighted by Gasteiger charge is 2.22. The van der Waals surface area contributed by atoms with E-state index in [9.17, 15) is 0 Å². The van der Waals surface area contributed by atoms with Crippen LogP contribution in [0.1, 0.15) is 24.5 Å². The normalized spacial score (nSPS) is 17.0. The Bertz CT molecular complexity index is 499. The summed E-state index contributed by atoms with van der Waals surface area (Å²) >= 11 is 0. The molecule has 0 atom stereocenters. The summed E-state index contributed by atoms with van der Waals surface area (Å²) < 4.78 is 0. The number of aromatic nitrogens is 3. The number of nitrogens with two attached hydrogens (primary N) is 1. The highest BCUT2D eigenvalue weighted by Crippen LogP contribution is 2.29. The maximum atomic E-state index is 5.64. The highest BCUT2D eigenvalue weighted by atomic mass is 15.2. The summed E-state index contributed by atoms with van der Waals surface area (Å²) in [5, 5.41) is 7.02. The quantitative estimate of drug-likeness (QED) is 0.843. The van der Waals surface area contributed by atoms with Gasteiger partial charge in [-0.1, -0.05) is 6.07 Å². The molecular formula is C13H17N5. The summed E-state index contributed by atoms with van der Waals surface area (Å²) in [5.74, 6) is 2.19. The minimum Gasteiger partial charge on any atom is -0.382 e. The van der Waals surface area contributed by atoms with Crippen molar-refractivity contribution in [1.82, 2.24) is 15.2 Å². The molecule has 3 N–H and O–H groups in total. The van der Waals surface area contributed by atoms with Crippen molar-refractivity contribution in [3.05, 3.63) is 36.2 Å². The van der Waals surface area contributed by atoms with Gasteiger partial charge in [0.15, 0.2) is 0 Å². The van der Waals surface area contributed by atoms with Gasteiger partial charge in [0.2, 0.25) is 0 Å². The summed E-state index contributed by atoms with van der Waals surface area (Å²) in [5.41, 5.74) is 6.80. The number of rotatable bonds is 2. The average molecular weight is 243 g/mol. The number of H-pyrrole nitrogens is 1. The largest absolute Gasteiger partial charge is 0.382 e. The number of aromatic amines is 1. The van der Waals surface area contributed by atoms with Crippen molar-refractivity contribution in [2.75, 3.05) is 23.7 Å². The van der Waals surface area contributed by atoms with Crippen LogP contribution in [-0.2, 0) is 0 Å². The molecule has 2 aromatic rings. The van der Waals surface area contributed by atoms with Crippen molar-refractivity contribution < 1.29 is 0 Å². The molecule has 0 amide bonds. The topological polar surface area (TPSA) is 70.8 Å². The smallest absolute Gasteiger partial charge is 0.145 e. The average Bonchev–Trinajstić information content (AvgIpc) is 2.87. The van der Waals surface area contributed by atoms with Gasteiger partial charge in [-0.2, -0.15) is 5.10 Å². The number of piperidine rings is 1. The predicted molar refractivity (Wildman–Crippen MR) is 71.4 cm³/mol. The zero-order chi connectivity index (χ0) is 12.4. The van der Waals surface area contributed by atoms with E-state index < -0.39 is 0 Å². The Morgan fingerprint density at radius 2 is 2.11 bits per heavy atom. The lowest BCUT2D eigenvalue weighted by Gasteiger charge is -2.32. The monoisotopic (exact) mass is 243 g/mol. The van der Waals surface area contributed by atoms with Crippen LogP contribution in [0.5, 0.6) is 0 Å². The van der Waals surface area contributed by atoms with Crippen LogP contribution < -0.4 is 10.6 Å². The van der Waals surface area contributed by atoms with E-state index in [0.29, 0.717) is 11.7 Å². The van der Waals surface area contributed by atoms with E-state index >= 15 is 0 Å². The Kier molecular flexibility index (Phi) is 2.88. The van der Waals surface area contributed by atoms with Crippen LogP contribution in [0.4, 0.5) is 11.6 Å². The molecule has 0 unspecified atom stereocenters. The van der Waals surface area contributed by atoms with E-state index in [-0.39, 0.29) is 0 Å². The molecule has 5 nitrogen and oxygen atoms in total. The summed E-state index contributed by atoms with van der Waals surface area (Å²) in [6.45, 7) is 2.06. The molecule has 18 heavy (non-hydrogen) atoms. The molecule has 1 saturated heterocycles. The number of pyridine rings is 1. The van der Waals surface area contributed by atoms with E-state index in [4.69, 9.17) is 5.73 Å². The SMILES string of the molecule is Nc1cc(C2CCN(c3ccccn3)CC2)[nH]n1. The zero-order valence-corrected chi connectivity index (χ0v) is 10.2. The van der Waals surface area contributed by atoms with Crippen molar-refractivity contribution in [1.29, 1.82) is 0 Å². The number of hydrogen-bond acceptors (Lipinski definition) is 4. The van der Waals surface area contributed by atoms with E-state index in [0.717, 1.165) is 37.4 Å². The number of anilines is 2. The van der Waals surface area contributed by atoms with Gasteiger partial charge in [-0.3, -0.25) is 5.10 Å². The molecule has 2 aromatic heterocycles. The zero-order valence-electron chi connectivity index (χ0n) is 10.2. The van der Waals surface area contributed by atoms with E-state index in [1.165, 1.54) is 0 Å². The van der Waals surface area contributed by atoms with Gasteiger partial charge in [0, 0.05) is 37.0 Å². The number of nitrogens with zero attached hydrogens (tertiary/aromatic N) is 3. The van der Waals surface area contributed by atoms with Crippen molar-refractivity contribution in [3.63, 3.8) is 0 Å². The second kappa shape index (κ2) is 4.68. The van der Waals surface area contributed by atoms with Crippen molar-refractivity contribution in [3.8, 4) is 0 Å². The second-order valence-corrected chi connectivity index (χ2v) is 4.70. The Morgan fingerprint density at radius 3 is 2.72 bits per heavy atom. The fourth-order valence-electron chi connectivity index (χ4n) is 2.52. The Hall–Kier alpha value is -2.04. The van der Waals surface area contributed by atoms with Gasteiger partial charge in [0.1, 0.15) is 11.6 Å². The van der Waals surface area contributed by atoms with Crippen LogP contribution in [-0.4, -0.2) is 28.3 Å². The van der Waals surface area contributed by atoms with Gasteiger partial charge < -0.3 is 10.6 Å². The molecule has 0 aromatic carbocycles. The predicted octanol–water partition coefficient (Wildman–Crippen LogP) is 1.77. The van der Waals surface area contributed by atoms with Gasteiger partial charge in [0.25, 0.3) is 0 Å². The van der Waals surface area contributed by atoms with Crippen molar-refractivity contribution in [2.24, 2.45) is 0 Å². The first-order valence-electron chi connectivity index (χ1n) is 6.29. The maximum Gasteiger partial charge on any atom is 0.145 e. The molecule has 0 spiro atoms. The third-order valence-electron chi connectivity index (χ3n) is 3.53. The van der Waals surface area contributed by atoms with E-state index in [1.807, 2.05) is 24.4 Å². The molecule has 0 aliphatic carbocycles. The van der Waals surface area contributed by atoms with Crippen LogP contribution in [0.2, 0.25) is 0 Å². The first kappa shape index (κ1) is 11.1. The minimum atomic E-state index is 0.537. The summed E-state index contributed by atoms with van der Waals surface area (Å²) in [4.78, 5) is 6.72. The first-order valence-corrected chi connectivity index (χ1v) is 6.29. The molecule has 0 saturated carbocycles. The first-order chi connectivity index (χ1) is 8.83. The number of hydrogen-bond donors (Lipinski definition) is 2. The van der Waals surface area contributed by atoms with Gasteiger partial charge in [-0.05, 0) is 25.0 Å². The standard InChI is InChI=1S/C13H17N5/c14-12-9-11(16-17-12)10-4-7-18(8-5-10)13-3-1-2-6-15-13/h1-3,6,9-10H,4-5,7-8H2,(H3,14,16,17). The molecule has 5 heteroatoms.